The third kappa shape index (κ3) is 9.60. The Labute approximate surface area is 303 Å². The van der Waals surface area contributed by atoms with Crippen molar-refractivity contribution < 1.29 is 77.6 Å². The van der Waals surface area contributed by atoms with E-state index in [4.69, 9.17) is 0 Å². The van der Waals surface area contributed by atoms with Crippen molar-refractivity contribution in [3.8, 4) is 6.07 Å². The van der Waals surface area contributed by atoms with Gasteiger partial charge in [0.15, 0.2) is 11.0 Å². The van der Waals surface area contributed by atoms with E-state index >= 15 is 0 Å². The molecule has 0 aliphatic carbocycles. The van der Waals surface area contributed by atoms with Crippen LogP contribution in [0.4, 0.5) is 28.9 Å². The van der Waals surface area contributed by atoms with E-state index in [-0.39, 0.29) is 66.6 Å². The van der Waals surface area contributed by atoms with Gasteiger partial charge in [-0.3, -0.25) is 0 Å². The molecular formula is C31H30F4N5NaO6S2. The van der Waals surface area contributed by atoms with Crippen LogP contribution in [-0.2, 0) is 40.0 Å². The molecule has 0 spiro atoms. The Morgan fingerprint density at radius 3 is 2.24 bits per heavy atom. The minimum atomic E-state index is -4.62. The summed E-state index contributed by atoms with van der Waals surface area (Å²) in [5, 5.41) is 9.37. The molecule has 0 unspecified atom stereocenters. The van der Waals surface area contributed by atoms with Crippen molar-refractivity contribution in [1.82, 2.24) is 4.57 Å². The number of fused-ring (bicyclic) bond motifs is 2. The van der Waals surface area contributed by atoms with Crippen LogP contribution in [0.25, 0.3) is 17.1 Å². The van der Waals surface area contributed by atoms with Crippen LogP contribution >= 0.6 is 0 Å². The summed E-state index contributed by atoms with van der Waals surface area (Å²) in [4.78, 5) is 3.15. The second-order valence-corrected chi connectivity index (χ2v) is 14.0. The summed E-state index contributed by atoms with van der Waals surface area (Å²) in [6.45, 7) is 5.46. The van der Waals surface area contributed by atoms with Gasteiger partial charge in [-0.1, -0.05) is 24.3 Å². The van der Waals surface area contributed by atoms with Crippen LogP contribution in [0.15, 0.2) is 72.7 Å². The molecule has 0 N–H and O–H groups in total. The minimum Gasteiger partial charge on any atom is -0.748 e. The number of anilines is 2. The first-order chi connectivity index (χ1) is 22.3. The van der Waals surface area contributed by atoms with Gasteiger partial charge in [0.1, 0.15) is 17.7 Å². The number of imidazole rings is 1. The standard InChI is InChI=1S/C31H31F4N5O6S2.Na/c1-4-38-28-19-24(32)22(20-36)17-26(28)40(14-6-16-48(44,45)46)30(38)12-8-21(2)7-11-29-37(3)25-10-9-23(31(33,34)35)18-27(25)39(29)13-5-15-47(41,42)43;/h4,7-12,17-19H,1,5-6,13-16H2,2-3H3,(H-,41,42,43,44,45,46);/q;+1/p-1. The Morgan fingerprint density at radius 1 is 1.04 bits per heavy atom. The molecule has 49 heavy (non-hydrogen) atoms. The van der Waals surface area contributed by atoms with Gasteiger partial charge in [-0.25, -0.2) is 30.4 Å². The maximum atomic E-state index is 14.6. The van der Waals surface area contributed by atoms with E-state index in [1.165, 1.54) is 27.8 Å². The van der Waals surface area contributed by atoms with Crippen LogP contribution < -0.4 is 43.9 Å². The Morgan fingerprint density at radius 2 is 1.67 bits per heavy atom. The zero-order valence-electron chi connectivity index (χ0n) is 26.7. The Kier molecular flexibility index (Phi) is 12.7. The van der Waals surface area contributed by atoms with Gasteiger partial charge < -0.3 is 18.9 Å². The molecule has 0 saturated carbocycles. The average Bonchev–Trinajstić information content (AvgIpc) is 3.41. The summed E-state index contributed by atoms with van der Waals surface area (Å²) in [5.74, 6) is -1.32. The molecular weight excluding hydrogens is 701 g/mol. The van der Waals surface area contributed by atoms with Crippen LogP contribution in [-0.4, -0.2) is 48.6 Å². The average molecular weight is 732 g/mol. The van der Waals surface area contributed by atoms with Gasteiger partial charge in [-0.2, -0.15) is 18.4 Å². The minimum absolute atomic E-state index is 0. The number of allylic oxidation sites excluding steroid dienone is 4. The fraction of sp³-hybridized carbons (Fsp3) is 0.290. The number of benzene rings is 2. The van der Waals surface area contributed by atoms with E-state index in [1.54, 1.807) is 53.8 Å². The summed E-state index contributed by atoms with van der Waals surface area (Å²) in [6.07, 6.45) is 3.12. The summed E-state index contributed by atoms with van der Waals surface area (Å²) in [7, 11) is -7.45. The maximum absolute atomic E-state index is 14.6. The quantitative estimate of drug-likeness (QED) is 0.0890. The number of alkyl halides is 3. The number of rotatable bonds is 12. The molecule has 256 valence electrons. The van der Waals surface area contributed by atoms with Crippen molar-refractivity contribution in [2.24, 2.45) is 7.05 Å². The summed E-state index contributed by atoms with van der Waals surface area (Å²) < 4.78 is 126. The Bertz CT molecular complexity index is 2120. The van der Waals surface area contributed by atoms with E-state index in [1.807, 2.05) is 0 Å². The molecule has 3 aromatic rings. The number of aromatic nitrogens is 2. The van der Waals surface area contributed by atoms with Gasteiger partial charge in [-0.05, 0) is 44.0 Å². The second kappa shape index (κ2) is 15.6. The zero-order valence-corrected chi connectivity index (χ0v) is 30.4. The smallest absolute Gasteiger partial charge is 0.748 e. The second-order valence-electron chi connectivity index (χ2n) is 10.9. The number of hydrogen-bond acceptors (Lipinski definition) is 9. The molecule has 0 radical (unpaired) electrons. The van der Waals surface area contributed by atoms with Crippen LogP contribution in [0.5, 0.6) is 0 Å². The van der Waals surface area contributed by atoms with Crippen molar-refractivity contribution in [3.05, 3.63) is 95.5 Å². The predicted octanol–water partition coefficient (Wildman–Crippen LogP) is 1.64. The molecule has 0 atom stereocenters. The van der Waals surface area contributed by atoms with Crippen molar-refractivity contribution in [2.45, 2.75) is 32.5 Å². The fourth-order valence-electron chi connectivity index (χ4n) is 5.35. The molecule has 4 rings (SSSR count). The van der Waals surface area contributed by atoms with Crippen LogP contribution in [0, 0.1) is 17.1 Å². The van der Waals surface area contributed by atoms with E-state index in [9.17, 15) is 48.8 Å². The van der Waals surface area contributed by atoms with Gasteiger partial charge >= 0.3 is 35.7 Å². The third-order valence-corrected chi connectivity index (χ3v) is 9.14. The van der Waals surface area contributed by atoms with Gasteiger partial charge in [0.25, 0.3) is 5.82 Å². The van der Waals surface area contributed by atoms with E-state index in [0.29, 0.717) is 34.1 Å². The van der Waals surface area contributed by atoms with Gasteiger partial charge in [-0.15, -0.1) is 0 Å². The maximum Gasteiger partial charge on any atom is 1.00 e. The first kappa shape index (κ1) is 39.9. The summed E-state index contributed by atoms with van der Waals surface area (Å²) >= 11 is 0. The number of aryl methyl sites for hydroxylation is 2. The topological polar surface area (TPSA) is 153 Å². The van der Waals surface area contributed by atoms with Crippen LogP contribution in [0.2, 0.25) is 0 Å². The molecule has 0 amide bonds. The largest absolute Gasteiger partial charge is 1.00 e. The molecule has 1 aliphatic rings. The summed E-state index contributed by atoms with van der Waals surface area (Å²) in [5.41, 5.74) is 0.808. The summed E-state index contributed by atoms with van der Waals surface area (Å²) in [6, 6.07) is 7.42. The molecule has 18 heteroatoms. The number of nitrogens with zero attached hydrogens (tertiary/aromatic N) is 5. The monoisotopic (exact) mass is 731 g/mol. The zero-order chi connectivity index (χ0) is 35.6. The first-order valence-electron chi connectivity index (χ1n) is 14.3. The molecule has 2 aromatic carbocycles. The number of halogens is 4. The van der Waals surface area contributed by atoms with Crippen LogP contribution in [0.1, 0.15) is 36.7 Å². The number of hydrogen-bond donors (Lipinski definition) is 0. The predicted molar refractivity (Wildman–Crippen MR) is 168 cm³/mol. The fourth-order valence-corrected chi connectivity index (χ4v) is 6.32. The van der Waals surface area contributed by atoms with Crippen molar-refractivity contribution in [1.29, 1.82) is 5.26 Å². The van der Waals surface area contributed by atoms with Crippen molar-refractivity contribution in [2.75, 3.05) is 27.9 Å². The number of nitriles is 1. The molecule has 11 nitrogen and oxygen atoms in total. The SMILES string of the molecule is C=CN1\C(=C/C=C(C)\C=C\c2n(CCCS(=O)(=O)[O-])c3cc(C(F)(F)F)ccc3[n+]2C)N(CCCS(=O)(=O)[O-])c2cc(C#N)c(F)cc21.[Na+]. The molecule has 0 bridgehead atoms. The molecule has 0 fully saturated rings. The van der Waals surface area contributed by atoms with Crippen LogP contribution in [0.3, 0.4) is 0 Å². The van der Waals surface area contributed by atoms with Crippen molar-refractivity contribution in [3.63, 3.8) is 0 Å². The Hall–Kier alpha value is -3.50. The Balaban J connectivity index is 0.00000650. The first-order valence-corrected chi connectivity index (χ1v) is 17.5. The normalized spacial score (nSPS) is 14.8. The van der Waals surface area contributed by atoms with E-state index < -0.39 is 49.3 Å². The van der Waals surface area contributed by atoms with Crippen molar-refractivity contribution >= 4 is 48.7 Å². The van der Waals surface area contributed by atoms with Gasteiger partial charge in [0, 0.05) is 42.5 Å². The van der Waals surface area contributed by atoms with E-state index in [0.717, 1.165) is 18.2 Å². The molecule has 0 saturated heterocycles. The van der Waals surface area contributed by atoms with Gasteiger partial charge in [0.2, 0.25) is 0 Å². The van der Waals surface area contributed by atoms with E-state index in [2.05, 4.69) is 6.58 Å². The third-order valence-electron chi connectivity index (χ3n) is 7.56. The molecule has 1 aliphatic heterocycles. The molecule has 1 aromatic heterocycles. The van der Waals surface area contributed by atoms with Gasteiger partial charge in [0.05, 0.1) is 56.3 Å². The molecule has 2 heterocycles.